The second-order valence-corrected chi connectivity index (χ2v) is 9.15. The molecule has 2 aliphatic rings. The number of benzene rings is 1. The van der Waals surface area contributed by atoms with E-state index in [2.05, 4.69) is 39.2 Å². The molecular weight excluding hydrogens is 398 g/mol. The zero-order chi connectivity index (χ0) is 21.1. The highest BCUT2D eigenvalue weighted by atomic mass is 35.5. The summed E-state index contributed by atoms with van der Waals surface area (Å²) in [7, 11) is 0. The SMILES string of the molecule is Cc1ccc(C(C)Nc2cncc(N3CC(C4CCCN(CCO)C4)C3)n2)c(Cl)c1. The van der Waals surface area contributed by atoms with Crippen LogP contribution in [-0.4, -0.2) is 59.3 Å². The van der Waals surface area contributed by atoms with E-state index in [-0.39, 0.29) is 12.6 Å². The van der Waals surface area contributed by atoms with Gasteiger partial charge in [0, 0.05) is 31.2 Å². The van der Waals surface area contributed by atoms with E-state index in [1.165, 1.54) is 12.8 Å². The van der Waals surface area contributed by atoms with Gasteiger partial charge in [0.05, 0.1) is 25.0 Å². The van der Waals surface area contributed by atoms with E-state index in [0.717, 1.165) is 66.4 Å². The molecule has 2 N–H and O–H groups in total. The van der Waals surface area contributed by atoms with Crippen LogP contribution in [0.1, 0.15) is 36.9 Å². The second kappa shape index (κ2) is 9.50. The Hall–Kier alpha value is -1.89. The van der Waals surface area contributed by atoms with Crippen LogP contribution in [-0.2, 0) is 0 Å². The van der Waals surface area contributed by atoms with Gasteiger partial charge in [-0.25, -0.2) is 4.98 Å². The maximum atomic E-state index is 9.22. The molecule has 0 radical (unpaired) electrons. The van der Waals surface area contributed by atoms with Crippen molar-refractivity contribution < 1.29 is 5.11 Å². The van der Waals surface area contributed by atoms with Gasteiger partial charge in [-0.2, -0.15) is 0 Å². The number of piperidine rings is 1. The fourth-order valence-electron chi connectivity index (χ4n) is 4.68. The van der Waals surface area contributed by atoms with Gasteiger partial charge in [0.15, 0.2) is 0 Å². The van der Waals surface area contributed by atoms with Crippen LogP contribution < -0.4 is 10.2 Å². The maximum Gasteiger partial charge on any atom is 0.149 e. The number of rotatable bonds is 7. The zero-order valence-electron chi connectivity index (χ0n) is 17.9. The molecule has 1 aromatic heterocycles. The fourth-order valence-corrected chi connectivity index (χ4v) is 5.08. The lowest BCUT2D eigenvalue weighted by Gasteiger charge is -2.47. The van der Waals surface area contributed by atoms with Crippen molar-refractivity contribution in [2.45, 2.75) is 32.7 Å². The highest BCUT2D eigenvalue weighted by molar-refractivity contribution is 6.31. The van der Waals surface area contributed by atoms with Crippen LogP contribution in [0.2, 0.25) is 5.02 Å². The van der Waals surface area contributed by atoms with E-state index in [4.69, 9.17) is 16.6 Å². The molecule has 6 nitrogen and oxygen atoms in total. The molecule has 30 heavy (non-hydrogen) atoms. The summed E-state index contributed by atoms with van der Waals surface area (Å²) >= 11 is 6.42. The van der Waals surface area contributed by atoms with Crippen molar-refractivity contribution in [3.8, 4) is 0 Å². The average molecular weight is 430 g/mol. The van der Waals surface area contributed by atoms with Crippen LogP contribution in [0.25, 0.3) is 0 Å². The van der Waals surface area contributed by atoms with E-state index in [1.54, 1.807) is 6.20 Å². The van der Waals surface area contributed by atoms with Gasteiger partial charge < -0.3 is 20.2 Å². The number of nitrogens with zero attached hydrogens (tertiary/aromatic N) is 4. The third-order valence-corrected chi connectivity index (χ3v) is 6.79. The first-order valence-electron chi connectivity index (χ1n) is 11.0. The number of aliphatic hydroxyl groups excluding tert-OH is 1. The molecule has 2 fully saturated rings. The standard InChI is InChI=1S/C23H32ClN5O/c1-16-5-6-20(21(24)10-16)17(2)26-22-11-25-12-23(27-22)29-14-19(15-29)18-4-3-7-28(13-18)8-9-30/h5-6,10-12,17-19,30H,3-4,7-9,13-15H2,1-2H3,(H,26,27). The van der Waals surface area contributed by atoms with Crippen molar-refractivity contribution in [1.29, 1.82) is 0 Å². The van der Waals surface area contributed by atoms with Crippen molar-refractivity contribution in [3.05, 3.63) is 46.7 Å². The van der Waals surface area contributed by atoms with Crippen LogP contribution in [0.3, 0.4) is 0 Å². The smallest absolute Gasteiger partial charge is 0.149 e. The molecule has 2 saturated heterocycles. The monoisotopic (exact) mass is 429 g/mol. The number of halogens is 1. The van der Waals surface area contributed by atoms with Crippen LogP contribution in [0.15, 0.2) is 30.6 Å². The van der Waals surface area contributed by atoms with E-state index in [0.29, 0.717) is 5.92 Å². The molecule has 0 spiro atoms. The largest absolute Gasteiger partial charge is 0.395 e. The lowest BCUT2D eigenvalue weighted by Crippen LogP contribution is -2.54. The van der Waals surface area contributed by atoms with Gasteiger partial charge in [-0.1, -0.05) is 23.7 Å². The zero-order valence-corrected chi connectivity index (χ0v) is 18.6. The Kier molecular flexibility index (Phi) is 6.76. The topological polar surface area (TPSA) is 64.5 Å². The number of anilines is 2. The third-order valence-electron chi connectivity index (χ3n) is 6.47. The van der Waals surface area contributed by atoms with Gasteiger partial charge >= 0.3 is 0 Å². The summed E-state index contributed by atoms with van der Waals surface area (Å²) in [6.07, 6.45) is 6.15. The number of aryl methyl sites for hydroxylation is 1. The van der Waals surface area contributed by atoms with Gasteiger partial charge in [0.1, 0.15) is 11.6 Å². The molecule has 2 aromatic rings. The first-order valence-corrected chi connectivity index (χ1v) is 11.3. The molecule has 7 heteroatoms. The Morgan fingerprint density at radius 3 is 2.83 bits per heavy atom. The van der Waals surface area contributed by atoms with E-state index in [1.807, 2.05) is 19.2 Å². The van der Waals surface area contributed by atoms with Gasteiger partial charge in [-0.05, 0) is 62.3 Å². The van der Waals surface area contributed by atoms with Crippen molar-refractivity contribution in [1.82, 2.24) is 14.9 Å². The molecule has 0 saturated carbocycles. The second-order valence-electron chi connectivity index (χ2n) is 8.75. The Bertz CT molecular complexity index is 855. The van der Waals surface area contributed by atoms with Crippen LogP contribution >= 0.6 is 11.6 Å². The Morgan fingerprint density at radius 2 is 2.07 bits per heavy atom. The molecule has 3 heterocycles. The highest BCUT2D eigenvalue weighted by Crippen LogP contribution is 2.33. The number of hydrogen-bond donors (Lipinski definition) is 2. The summed E-state index contributed by atoms with van der Waals surface area (Å²) in [5, 5.41) is 13.4. The van der Waals surface area contributed by atoms with E-state index < -0.39 is 0 Å². The summed E-state index contributed by atoms with van der Waals surface area (Å²) in [6.45, 7) is 9.49. The number of aromatic nitrogens is 2. The van der Waals surface area contributed by atoms with Crippen LogP contribution in [0.4, 0.5) is 11.6 Å². The summed E-state index contributed by atoms with van der Waals surface area (Å²) in [6, 6.07) is 6.18. The summed E-state index contributed by atoms with van der Waals surface area (Å²) in [4.78, 5) is 13.9. The lowest BCUT2D eigenvalue weighted by molar-refractivity contribution is 0.101. The molecular formula is C23H32ClN5O. The van der Waals surface area contributed by atoms with Crippen molar-refractivity contribution in [2.24, 2.45) is 11.8 Å². The minimum Gasteiger partial charge on any atom is -0.395 e. The molecule has 0 bridgehead atoms. The van der Waals surface area contributed by atoms with E-state index >= 15 is 0 Å². The molecule has 1 aromatic carbocycles. The summed E-state index contributed by atoms with van der Waals surface area (Å²) in [5.74, 6) is 3.13. The quantitative estimate of drug-likeness (QED) is 0.698. The molecule has 162 valence electrons. The number of β-amino-alcohol motifs (C(OH)–C–C–N with tert-alkyl or cyclic N) is 1. The van der Waals surface area contributed by atoms with Crippen molar-refractivity contribution in [2.75, 3.05) is 49.5 Å². The molecule has 0 amide bonds. The predicted octanol–water partition coefficient (Wildman–Crippen LogP) is 3.75. The van der Waals surface area contributed by atoms with Crippen molar-refractivity contribution in [3.63, 3.8) is 0 Å². The Labute approximate surface area is 184 Å². The number of nitrogens with one attached hydrogen (secondary N) is 1. The third kappa shape index (κ3) is 4.88. The van der Waals surface area contributed by atoms with Crippen LogP contribution in [0, 0.1) is 18.8 Å². The summed E-state index contributed by atoms with van der Waals surface area (Å²) in [5.41, 5.74) is 2.21. The molecule has 4 rings (SSSR count). The lowest BCUT2D eigenvalue weighted by atomic mass is 9.80. The number of hydrogen-bond acceptors (Lipinski definition) is 6. The fraction of sp³-hybridized carbons (Fsp3) is 0.565. The first-order chi connectivity index (χ1) is 14.5. The van der Waals surface area contributed by atoms with Gasteiger partial charge in [0.2, 0.25) is 0 Å². The predicted molar refractivity (Wildman–Crippen MR) is 122 cm³/mol. The van der Waals surface area contributed by atoms with Gasteiger partial charge in [-0.15, -0.1) is 0 Å². The van der Waals surface area contributed by atoms with Gasteiger partial charge in [-0.3, -0.25) is 4.98 Å². The normalized spacial score (nSPS) is 21.3. The molecule has 2 unspecified atom stereocenters. The average Bonchev–Trinajstić information content (AvgIpc) is 2.68. The minimum atomic E-state index is 0.0477. The first kappa shape index (κ1) is 21.3. The number of aliphatic hydroxyl groups is 1. The van der Waals surface area contributed by atoms with Gasteiger partial charge in [0.25, 0.3) is 0 Å². The minimum absolute atomic E-state index is 0.0477. The van der Waals surface area contributed by atoms with Crippen molar-refractivity contribution >= 4 is 23.2 Å². The maximum absolute atomic E-state index is 9.22. The summed E-state index contributed by atoms with van der Waals surface area (Å²) < 4.78 is 0. The highest BCUT2D eigenvalue weighted by Gasteiger charge is 2.36. The molecule has 0 aliphatic carbocycles. The molecule has 2 atom stereocenters. The Morgan fingerprint density at radius 1 is 1.23 bits per heavy atom. The Balaban J connectivity index is 1.34. The molecule has 2 aliphatic heterocycles. The van der Waals surface area contributed by atoms with E-state index in [9.17, 15) is 5.11 Å². The number of likely N-dealkylation sites (tertiary alicyclic amines) is 1. The van der Waals surface area contributed by atoms with Crippen LogP contribution in [0.5, 0.6) is 0 Å².